The van der Waals surface area contributed by atoms with Gasteiger partial charge in [-0.1, -0.05) is 48.5 Å². The van der Waals surface area contributed by atoms with E-state index < -0.39 is 49.2 Å². The molecular formula is C40H53N3O10S2. The highest BCUT2D eigenvalue weighted by Crippen LogP contribution is 2.50. The van der Waals surface area contributed by atoms with Crippen LogP contribution in [0.1, 0.15) is 69.6 Å². The normalized spacial score (nSPS) is 18.1. The first-order chi connectivity index (χ1) is 26.0. The third-order valence-electron chi connectivity index (χ3n) is 9.73. The molecule has 2 aliphatic rings. The third kappa shape index (κ3) is 11.3. The summed E-state index contributed by atoms with van der Waals surface area (Å²) in [6.07, 6.45) is 3.79. The fourth-order valence-corrected chi connectivity index (χ4v) is 8.89. The number of amides is 2. The highest BCUT2D eigenvalue weighted by molar-refractivity contribution is 7.89. The van der Waals surface area contributed by atoms with Crippen molar-refractivity contribution in [3.63, 3.8) is 0 Å². The maximum Gasteiger partial charge on any atom is 0.410 e. The predicted octanol–water partition coefficient (Wildman–Crippen LogP) is 5.52. The molecule has 2 heterocycles. The Kier molecular flexibility index (Phi) is 13.7. The monoisotopic (exact) mass is 799 g/mol. The van der Waals surface area contributed by atoms with Gasteiger partial charge in [-0.15, -0.1) is 0 Å². The number of nitrogens with zero attached hydrogens (tertiary/aromatic N) is 1. The molecule has 1 fully saturated rings. The zero-order valence-electron chi connectivity index (χ0n) is 32.2. The molecule has 2 unspecified atom stereocenters. The Balaban J connectivity index is 1.35. The number of carbonyl (C=O) groups is 2. The van der Waals surface area contributed by atoms with Crippen LogP contribution >= 0.6 is 0 Å². The van der Waals surface area contributed by atoms with Gasteiger partial charge < -0.3 is 24.4 Å². The SMILES string of the molecule is COCCCCC1(CNC(=O)C2CC(NS(=O)(=O)c3ccc(CCCOS(C)(=O)=O)cc3)CN(C(=O)OC(C)(C)C)C2)c2ccccc2Oc2ccccc21. The number of para-hydroxylation sites is 2. The Bertz CT molecular complexity index is 1970. The summed E-state index contributed by atoms with van der Waals surface area (Å²) in [7, 11) is -5.93. The number of likely N-dealkylation sites (tertiary alicyclic amines) is 1. The molecule has 2 amide bonds. The van der Waals surface area contributed by atoms with Crippen molar-refractivity contribution in [2.45, 2.75) is 81.2 Å². The first kappa shape index (κ1) is 42.1. The summed E-state index contributed by atoms with van der Waals surface area (Å²) < 4.78 is 74.6. The molecule has 2 atom stereocenters. The number of nitrogens with one attached hydrogen (secondary N) is 2. The second-order valence-corrected chi connectivity index (χ2v) is 18.6. The number of rotatable bonds is 16. The van der Waals surface area contributed by atoms with E-state index in [4.69, 9.17) is 18.4 Å². The van der Waals surface area contributed by atoms with Crippen LogP contribution in [0.5, 0.6) is 11.5 Å². The highest BCUT2D eigenvalue weighted by atomic mass is 32.2. The number of hydrogen-bond donors (Lipinski definition) is 2. The quantitative estimate of drug-likeness (QED) is 0.139. The maximum absolute atomic E-state index is 14.3. The molecule has 0 aromatic heterocycles. The molecular weight excluding hydrogens is 747 g/mol. The minimum Gasteiger partial charge on any atom is -0.457 e. The van der Waals surface area contributed by atoms with Crippen LogP contribution < -0.4 is 14.8 Å². The largest absolute Gasteiger partial charge is 0.457 e. The number of piperidine rings is 1. The third-order valence-corrected chi connectivity index (χ3v) is 11.9. The predicted molar refractivity (Wildman–Crippen MR) is 208 cm³/mol. The van der Waals surface area contributed by atoms with Crippen molar-refractivity contribution < 1.29 is 44.8 Å². The Hall–Kier alpha value is -4.02. The summed E-state index contributed by atoms with van der Waals surface area (Å²) in [6, 6.07) is 21.2. The van der Waals surface area contributed by atoms with E-state index in [9.17, 15) is 26.4 Å². The zero-order chi connectivity index (χ0) is 39.9. The lowest BCUT2D eigenvalue weighted by Gasteiger charge is -2.42. The van der Waals surface area contributed by atoms with Gasteiger partial charge in [0.1, 0.15) is 17.1 Å². The maximum atomic E-state index is 14.3. The number of benzene rings is 3. The lowest BCUT2D eigenvalue weighted by Crippen LogP contribution is -2.56. The van der Waals surface area contributed by atoms with Gasteiger partial charge in [0.15, 0.2) is 0 Å². The molecule has 0 radical (unpaired) electrons. The fraction of sp³-hybridized carbons (Fsp3) is 0.500. The molecule has 0 bridgehead atoms. The minimum absolute atomic E-state index is 0.0118. The van der Waals surface area contributed by atoms with E-state index in [2.05, 4.69) is 10.0 Å². The van der Waals surface area contributed by atoms with Gasteiger partial charge in [-0.25, -0.2) is 17.9 Å². The van der Waals surface area contributed by atoms with E-state index in [1.807, 2.05) is 48.5 Å². The van der Waals surface area contributed by atoms with Gasteiger partial charge in [-0.2, -0.15) is 8.42 Å². The van der Waals surface area contributed by atoms with Crippen molar-refractivity contribution in [2.75, 3.05) is 46.2 Å². The summed E-state index contributed by atoms with van der Waals surface area (Å²) in [5.74, 6) is 0.389. The fourth-order valence-electron chi connectivity index (χ4n) is 7.23. The number of sulfonamides is 1. The molecule has 3 aromatic rings. The molecule has 3 aromatic carbocycles. The smallest absolute Gasteiger partial charge is 0.410 e. The summed E-state index contributed by atoms with van der Waals surface area (Å²) in [5.41, 5.74) is 1.31. The molecule has 0 saturated carbocycles. The van der Waals surface area contributed by atoms with E-state index in [0.717, 1.165) is 47.3 Å². The first-order valence-corrected chi connectivity index (χ1v) is 21.9. The van der Waals surface area contributed by atoms with Gasteiger partial charge in [0.05, 0.1) is 23.7 Å². The molecule has 5 rings (SSSR count). The number of aryl methyl sites for hydroxylation is 1. The molecule has 2 aliphatic heterocycles. The van der Waals surface area contributed by atoms with Crippen LogP contribution in [0.2, 0.25) is 0 Å². The molecule has 13 nitrogen and oxygen atoms in total. The van der Waals surface area contributed by atoms with Crippen molar-refractivity contribution >= 4 is 32.1 Å². The van der Waals surface area contributed by atoms with Crippen molar-refractivity contribution in [1.29, 1.82) is 0 Å². The van der Waals surface area contributed by atoms with Crippen molar-refractivity contribution in [3.05, 3.63) is 89.5 Å². The molecule has 1 saturated heterocycles. The van der Waals surface area contributed by atoms with Gasteiger partial charge in [-0.3, -0.25) is 8.98 Å². The number of ether oxygens (including phenoxy) is 3. The molecule has 55 heavy (non-hydrogen) atoms. The van der Waals surface area contributed by atoms with Crippen molar-refractivity contribution in [1.82, 2.24) is 14.9 Å². The van der Waals surface area contributed by atoms with Crippen LogP contribution in [0, 0.1) is 5.92 Å². The molecule has 15 heteroatoms. The van der Waals surface area contributed by atoms with Crippen LogP contribution in [0.3, 0.4) is 0 Å². The molecule has 2 N–H and O–H groups in total. The van der Waals surface area contributed by atoms with Gasteiger partial charge >= 0.3 is 6.09 Å². The summed E-state index contributed by atoms with van der Waals surface area (Å²) in [6.45, 7) is 6.18. The number of hydrogen-bond acceptors (Lipinski definition) is 10. The lowest BCUT2D eigenvalue weighted by molar-refractivity contribution is -0.127. The van der Waals surface area contributed by atoms with Crippen molar-refractivity contribution in [2.24, 2.45) is 5.92 Å². The molecule has 0 aliphatic carbocycles. The first-order valence-electron chi connectivity index (χ1n) is 18.6. The van der Waals surface area contributed by atoms with E-state index in [-0.39, 0.29) is 43.5 Å². The number of fused-ring (bicyclic) bond motifs is 2. The Labute approximate surface area is 325 Å². The van der Waals surface area contributed by atoms with E-state index in [1.54, 1.807) is 40.0 Å². The summed E-state index contributed by atoms with van der Waals surface area (Å²) in [5, 5.41) is 3.22. The van der Waals surface area contributed by atoms with Crippen LogP contribution in [0.25, 0.3) is 0 Å². The van der Waals surface area contributed by atoms with Crippen LogP contribution in [-0.4, -0.2) is 91.6 Å². The van der Waals surface area contributed by atoms with E-state index in [1.165, 1.54) is 17.0 Å². The molecule has 300 valence electrons. The minimum atomic E-state index is -4.06. The van der Waals surface area contributed by atoms with Crippen LogP contribution in [-0.2, 0) is 50.4 Å². The Morgan fingerprint density at radius 1 is 0.873 bits per heavy atom. The Morgan fingerprint density at radius 2 is 1.51 bits per heavy atom. The average molecular weight is 800 g/mol. The van der Waals surface area contributed by atoms with Gasteiger partial charge in [0, 0.05) is 55.9 Å². The molecule has 0 spiro atoms. The summed E-state index contributed by atoms with van der Waals surface area (Å²) >= 11 is 0. The number of unbranched alkanes of at least 4 members (excludes halogenated alkanes) is 1. The second kappa shape index (κ2) is 17.8. The standard InChI is InChI=1S/C40H53N3O10S2/c1-39(2,3)53-38(45)43-26-30(25-31(27-43)42-55(48,49)32-20-18-29(19-21-32)13-12-24-51-54(5,46)47)37(44)41-28-40(22-10-11-23-50-4)33-14-6-8-16-35(33)52-36-17-9-7-15-34(36)40/h6-9,14-21,30-31,42H,10-13,22-28H2,1-5H3,(H,41,44). The highest BCUT2D eigenvalue weighted by Gasteiger charge is 2.43. The number of carbonyl (C=O) groups excluding carboxylic acids is 2. The van der Waals surface area contributed by atoms with Gasteiger partial charge in [-0.05, 0) is 89.1 Å². The van der Waals surface area contributed by atoms with Gasteiger partial charge in [0.25, 0.3) is 10.1 Å². The zero-order valence-corrected chi connectivity index (χ0v) is 33.8. The average Bonchev–Trinajstić information content (AvgIpc) is 3.13. The Morgan fingerprint density at radius 3 is 2.11 bits per heavy atom. The number of methoxy groups -OCH3 is 1. The lowest BCUT2D eigenvalue weighted by atomic mass is 9.69. The van der Waals surface area contributed by atoms with Crippen LogP contribution in [0.15, 0.2) is 77.7 Å². The van der Waals surface area contributed by atoms with Crippen molar-refractivity contribution in [3.8, 4) is 11.5 Å². The van der Waals surface area contributed by atoms with E-state index in [0.29, 0.717) is 25.9 Å². The van der Waals surface area contributed by atoms with E-state index >= 15 is 0 Å². The summed E-state index contributed by atoms with van der Waals surface area (Å²) in [4.78, 5) is 29.1. The van der Waals surface area contributed by atoms with Gasteiger partial charge in [0.2, 0.25) is 15.9 Å². The van der Waals surface area contributed by atoms with Crippen LogP contribution in [0.4, 0.5) is 4.79 Å². The topological polar surface area (TPSA) is 167 Å². The second-order valence-electron chi connectivity index (χ2n) is 15.3.